The third kappa shape index (κ3) is 2.04. The van der Waals surface area contributed by atoms with Gasteiger partial charge in [0.15, 0.2) is 0 Å². The fourth-order valence-electron chi connectivity index (χ4n) is 1.99. The minimum Gasteiger partial charge on any atom is -0.495 e. The summed E-state index contributed by atoms with van der Waals surface area (Å²) in [5.74, 6) is 1.69. The van der Waals surface area contributed by atoms with Crippen molar-refractivity contribution < 1.29 is 9.84 Å². The average molecular weight is 208 g/mol. The molecule has 1 saturated heterocycles. The molecule has 15 heavy (non-hydrogen) atoms. The quantitative estimate of drug-likeness (QED) is 0.806. The highest BCUT2D eigenvalue weighted by Gasteiger charge is 2.24. The van der Waals surface area contributed by atoms with Gasteiger partial charge in [-0.2, -0.15) is 0 Å². The van der Waals surface area contributed by atoms with E-state index < -0.39 is 0 Å². The molecule has 0 aliphatic carbocycles. The Balaban J connectivity index is 2.14. The first-order valence-corrected chi connectivity index (χ1v) is 5.22. The minimum absolute atomic E-state index is 0.202. The second-order valence-corrected chi connectivity index (χ2v) is 3.73. The Morgan fingerprint density at radius 3 is 3.07 bits per heavy atom. The van der Waals surface area contributed by atoms with Crippen LogP contribution in [0.25, 0.3) is 0 Å². The fourth-order valence-corrected chi connectivity index (χ4v) is 1.99. The lowest BCUT2D eigenvalue weighted by Gasteiger charge is -2.23. The van der Waals surface area contributed by atoms with Gasteiger partial charge in [0.05, 0.1) is 26.0 Å². The van der Waals surface area contributed by atoms with Crippen LogP contribution in [0.3, 0.4) is 0 Å². The maximum Gasteiger partial charge on any atom is 0.137 e. The second kappa shape index (κ2) is 4.49. The molecular weight excluding hydrogens is 192 g/mol. The Morgan fingerprint density at radius 1 is 1.60 bits per heavy atom. The molecule has 1 aromatic heterocycles. The summed E-state index contributed by atoms with van der Waals surface area (Å²) in [7, 11) is 1.63. The van der Waals surface area contributed by atoms with E-state index in [-0.39, 0.29) is 12.6 Å². The number of nitrogens with zero attached hydrogens (tertiary/aromatic N) is 2. The van der Waals surface area contributed by atoms with Crippen LogP contribution in [-0.4, -0.2) is 36.4 Å². The van der Waals surface area contributed by atoms with Gasteiger partial charge in [-0.1, -0.05) is 0 Å². The van der Waals surface area contributed by atoms with E-state index in [4.69, 9.17) is 4.74 Å². The summed E-state index contributed by atoms with van der Waals surface area (Å²) in [4.78, 5) is 6.47. The summed E-state index contributed by atoms with van der Waals surface area (Å²) >= 11 is 0. The van der Waals surface area contributed by atoms with Crippen molar-refractivity contribution in [3.05, 3.63) is 18.3 Å². The van der Waals surface area contributed by atoms with Crippen molar-refractivity contribution in [2.75, 3.05) is 25.2 Å². The molecule has 2 heterocycles. The molecule has 0 radical (unpaired) electrons. The highest BCUT2D eigenvalue weighted by atomic mass is 16.5. The Labute approximate surface area is 89.5 Å². The highest BCUT2D eigenvalue weighted by molar-refractivity contribution is 5.43. The molecule has 0 aromatic carbocycles. The summed E-state index contributed by atoms with van der Waals surface area (Å²) in [6.45, 7) is 1.18. The van der Waals surface area contributed by atoms with Gasteiger partial charge in [0, 0.05) is 6.54 Å². The predicted molar refractivity (Wildman–Crippen MR) is 58.2 cm³/mol. The number of aliphatic hydroxyl groups excluding tert-OH is 1. The van der Waals surface area contributed by atoms with Crippen molar-refractivity contribution in [2.45, 2.75) is 18.9 Å². The molecule has 82 valence electrons. The van der Waals surface area contributed by atoms with Gasteiger partial charge in [-0.3, -0.25) is 0 Å². The Hall–Kier alpha value is -1.29. The molecule has 0 saturated carbocycles. The number of aliphatic hydroxyl groups is 1. The number of methoxy groups -OCH3 is 1. The Kier molecular flexibility index (Phi) is 3.06. The van der Waals surface area contributed by atoms with Crippen molar-refractivity contribution in [3.63, 3.8) is 0 Å². The van der Waals surface area contributed by atoms with E-state index in [9.17, 15) is 5.11 Å². The highest BCUT2D eigenvalue weighted by Crippen LogP contribution is 2.24. The van der Waals surface area contributed by atoms with Gasteiger partial charge in [0.25, 0.3) is 0 Å². The number of rotatable bonds is 3. The fraction of sp³-hybridized carbons (Fsp3) is 0.545. The summed E-state index contributed by atoms with van der Waals surface area (Å²) in [5, 5.41) is 9.20. The zero-order valence-electron chi connectivity index (χ0n) is 8.89. The van der Waals surface area contributed by atoms with Gasteiger partial charge in [-0.05, 0) is 25.0 Å². The first-order valence-electron chi connectivity index (χ1n) is 5.22. The molecule has 1 aliphatic heterocycles. The number of ether oxygens (including phenoxy) is 1. The molecule has 0 bridgehead atoms. The number of hydrogen-bond acceptors (Lipinski definition) is 4. The maximum atomic E-state index is 9.20. The number of aromatic nitrogens is 1. The maximum absolute atomic E-state index is 9.20. The van der Waals surface area contributed by atoms with E-state index in [1.54, 1.807) is 13.3 Å². The van der Waals surface area contributed by atoms with E-state index in [0.717, 1.165) is 31.0 Å². The molecule has 1 atom stereocenters. The minimum atomic E-state index is 0.202. The molecule has 0 amide bonds. The van der Waals surface area contributed by atoms with Crippen LogP contribution in [0.5, 0.6) is 5.75 Å². The van der Waals surface area contributed by atoms with Gasteiger partial charge in [0.1, 0.15) is 11.6 Å². The van der Waals surface area contributed by atoms with Crippen LogP contribution in [0.2, 0.25) is 0 Å². The van der Waals surface area contributed by atoms with Crippen LogP contribution in [0, 0.1) is 0 Å². The molecular formula is C11H16N2O2. The van der Waals surface area contributed by atoms with Crippen LogP contribution in [0.4, 0.5) is 5.82 Å². The van der Waals surface area contributed by atoms with Gasteiger partial charge in [-0.25, -0.2) is 4.98 Å². The number of anilines is 1. The zero-order valence-corrected chi connectivity index (χ0v) is 8.89. The van der Waals surface area contributed by atoms with E-state index in [2.05, 4.69) is 9.88 Å². The zero-order chi connectivity index (χ0) is 10.7. The molecule has 1 N–H and O–H groups in total. The molecule has 1 aromatic rings. The number of hydrogen-bond donors (Lipinski definition) is 1. The van der Waals surface area contributed by atoms with Crippen LogP contribution in [0.15, 0.2) is 18.3 Å². The van der Waals surface area contributed by atoms with Crippen LogP contribution >= 0.6 is 0 Å². The lowest BCUT2D eigenvalue weighted by molar-refractivity contribution is 0.266. The monoisotopic (exact) mass is 208 g/mol. The van der Waals surface area contributed by atoms with Crippen LogP contribution in [-0.2, 0) is 0 Å². The van der Waals surface area contributed by atoms with E-state index in [0.29, 0.717) is 0 Å². The third-order valence-corrected chi connectivity index (χ3v) is 2.84. The van der Waals surface area contributed by atoms with Gasteiger partial charge in [-0.15, -0.1) is 0 Å². The first-order chi connectivity index (χ1) is 7.35. The SMILES string of the molecule is COc1ccc(N2CCCC2CO)nc1. The second-order valence-electron chi connectivity index (χ2n) is 3.73. The number of pyridine rings is 1. The van der Waals surface area contributed by atoms with Crippen molar-refractivity contribution in [3.8, 4) is 5.75 Å². The summed E-state index contributed by atoms with van der Waals surface area (Å²) in [6.07, 6.45) is 3.88. The topological polar surface area (TPSA) is 45.6 Å². The Bertz CT molecular complexity index is 313. The van der Waals surface area contributed by atoms with E-state index in [1.807, 2.05) is 12.1 Å². The van der Waals surface area contributed by atoms with Crippen molar-refractivity contribution >= 4 is 5.82 Å². The van der Waals surface area contributed by atoms with Crippen molar-refractivity contribution in [1.82, 2.24) is 4.98 Å². The van der Waals surface area contributed by atoms with Gasteiger partial charge in [0.2, 0.25) is 0 Å². The van der Waals surface area contributed by atoms with Crippen molar-refractivity contribution in [2.24, 2.45) is 0 Å². The molecule has 1 fully saturated rings. The molecule has 1 unspecified atom stereocenters. The lowest BCUT2D eigenvalue weighted by Crippen LogP contribution is -2.32. The summed E-state index contributed by atoms with van der Waals surface area (Å²) in [6, 6.07) is 4.06. The van der Waals surface area contributed by atoms with Gasteiger partial charge < -0.3 is 14.7 Å². The largest absolute Gasteiger partial charge is 0.495 e. The Morgan fingerprint density at radius 2 is 2.47 bits per heavy atom. The molecule has 4 heteroatoms. The average Bonchev–Trinajstić information content (AvgIpc) is 2.77. The normalized spacial score (nSPS) is 20.7. The molecule has 4 nitrogen and oxygen atoms in total. The standard InChI is InChI=1S/C11H16N2O2/c1-15-10-4-5-11(12-7-10)13-6-2-3-9(13)8-14/h4-5,7,9,14H,2-3,6,8H2,1H3. The van der Waals surface area contributed by atoms with E-state index >= 15 is 0 Å². The third-order valence-electron chi connectivity index (χ3n) is 2.84. The smallest absolute Gasteiger partial charge is 0.137 e. The van der Waals surface area contributed by atoms with E-state index in [1.165, 1.54) is 0 Å². The van der Waals surface area contributed by atoms with Crippen molar-refractivity contribution in [1.29, 1.82) is 0 Å². The molecule has 2 rings (SSSR count). The van der Waals surface area contributed by atoms with Crippen LogP contribution in [0.1, 0.15) is 12.8 Å². The van der Waals surface area contributed by atoms with Gasteiger partial charge >= 0.3 is 0 Å². The summed E-state index contributed by atoms with van der Waals surface area (Å²) in [5.41, 5.74) is 0. The lowest BCUT2D eigenvalue weighted by atomic mass is 10.2. The molecule has 1 aliphatic rings. The van der Waals surface area contributed by atoms with Crippen LogP contribution < -0.4 is 9.64 Å². The predicted octanol–water partition coefficient (Wildman–Crippen LogP) is 1.05. The first kappa shape index (κ1) is 10.2. The molecule has 0 spiro atoms. The summed E-state index contributed by atoms with van der Waals surface area (Å²) < 4.78 is 5.05.